The lowest BCUT2D eigenvalue weighted by atomic mass is 10.0. The van der Waals surface area contributed by atoms with Crippen LogP contribution in [-0.2, 0) is 14.8 Å². The lowest BCUT2D eigenvalue weighted by Crippen LogP contribution is -2.57. The Kier molecular flexibility index (Phi) is 6.88. The molecule has 1 atom stereocenters. The van der Waals surface area contributed by atoms with Gasteiger partial charge in [-0.25, -0.2) is 13.4 Å². The molecule has 1 unspecified atom stereocenters. The van der Waals surface area contributed by atoms with Crippen molar-refractivity contribution in [2.45, 2.75) is 29.5 Å². The Morgan fingerprint density at radius 1 is 1.03 bits per heavy atom. The van der Waals surface area contributed by atoms with Crippen LogP contribution in [0.5, 0.6) is 11.5 Å². The van der Waals surface area contributed by atoms with Gasteiger partial charge in [0.1, 0.15) is 32.0 Å². The first-order valence-electron chi connectivity index (χ1n) is 11.5. The average Bonchev–Trinajstić information content (AvgIpc) is 3.59. The van der Waals surface area contributed by atoms with E-state index in [0.29, 0.717) is 49.1 Å². The topological polar surface area (TPSA) is 92.3 Å². The molecule has 0 saturated carbocycles. The van der Waals surface area contributed by atoms with Gasteiger partial charge < -0.3 is 19.3 Å². The van der Waals surface area contributed by atoms with Crippen LogP contribution in [0, 0.1) is 0 Å². The van der Waals surface area contributed by atoms with Gasteiger partial charge in [-0.1, -0.05) is 23.8 Å². The minimum atomic E-state index is -3.67. The molecule has 188 valence electrons. The van der Waals surface area contributed by atoms with E-state index in [1.54, 1.807) is 48.0 Å². The molecule has 9 nitrogen and oxygen atoms in total. The van der Waals surface area contributed by atoms with Gasteiger partial charge in [0.2, 0.25) is 5.91 Å². The molecule has 35 heavy (non-hydrogen) atoms. The number of carbonyl (C=O) groups is 1. The highest BCUT2D eigenvalue weighted by molar-refractivity contribution is 7.91. The highest BCUT2D eigenvalue weighted by Gasteiger charge is 2.40. The lowest BCUT2D eigenvalue weighted by molar-refractivity contribution is -0.136. The zero-order valence-corrected chi connectivity index (χ0v) is 22.1. The number of thiazole rings is 1. The zero-order valence-electron chi connectivity index (χ0n) is 19.7. The predicted molar refractivity (Wildman–Crippen MR) is 137 cm³/mol. The van der Waals surface area contributed by atoms with Crippen molar-refractivity contribution in [2.24, 2.45) is 0 Å². The summed E-state index contributed by atoms with van der Waals surface area (Å²) in [7, 11) is -0.412. The van der Waals surface area contributed by atoms with E-state index in [-0.39, 0.29) is 5.91 Å². The van der Waals surface area contributed by atoms with Crippen LogP contribution in [0.3, 0.4) is 0 Å². The molecule has 4 heterocycles. The Morgan fingerprint density at radius 3 is 2.46 bits per heavy atom. The summed E-state index contributed by atoms with van der Waals surface area (Å²) in [4.78, 5) is 22.3. The van der Waals surface area contributed by atoms with Crippen LogP contribution in [0.1, 0.15) is 19.3 Å². The van der Waals surface area contributed by atoms with Crippen LogP contribution in [0.4, 0.5) is 5.13 Å². The van der Waals surface area contributed by atoms with E-state index in [2.05, 4.69) is 4.90 Å². The standard InChI is InChI=1S/C23H28N4O5S3/c1-31-17-8-9-18(32-2)21-20(17)24-23(34-21)26-13-11-25(12-14-26)22(28)16-6-3-4-10-27(16)35(29,30)19-7-5-15-33-19/h5,7-9,15-16H,3-4,6,10-14H2,1-2H3. The van der Waals surface area contributed by atoms with Crippen LogP contribution in [0.25, 0.3) is 10.2 Å². The minimum absolute atomic E-state index is 0.0999. The third-order valence-electron chi connectivity index (χ3n) is 6.56. The summed E-state index contributed by atoms with van der Waals surface area (Å²) in [5.74, 6) is 1.35. The SMILES string of the molecule is COc1ccc(OC)c2sc(N3CCN(C(=O)C4CCCCN4S(=O)(=O)c4cccs4)CC3)nc12. The number of aromatic nitrogens is 1. The monoisotopic (exact) mass is 536 g/mol. The molecule has 1 amide bonds. The maximum absolute atomic E-state index is 13.5. The Morgan fingerprint density at radius 2 is 1.77 bits per heavy atom. The number of fused-ring (bicyclic) bond motifs is 1. The first-order chi connectivity index (χ1) is 16.9. The number of methoxy groups -OCH3 is 2. The maximum atomic E-state index is 13.5. The maximum Gasteiger partial charge on any atom is 0.253 e. The third kappa shape index (κ3) is 4.48. The zero-order chi connectivity index (χ0) is 24.6. The van der Waals surface area contributed by atoms with Crippen molar-refractivity contribution in [3.63, 3.8) is 0 Å². The van der Waals surface area contributed by atoms with Crippen LogP contribution in [0.2, 0.25) is 0 Å². The van der Waals surface area contributed by atoms with Crippen molar-refractivity contribution < 1.29 is 22.7 Å². The molecule has 2 saturated heterocycles. The number of anilines is 1. The first kappa shape index (κ1) is 24.3. The lowest BCUT2D eigenvalue weighted by Gasteiger charge is -2.40. The van der Waals surface area contributed by atoms with E-state index in [4.69, 9.17) is 14.5 Å². The predicted octanol–water partition coefficient (Wildman–Crippen LogP) is 3.27. The van der Waals surface area contributed by atoms with Gasteiger partial charge in [-0.05, 0) is 36.4 Å². The van der Waals surface area contributed by atoms with Crippen LogP contribution in [0.15, 0.2) is 33.9 Å². The Labute approximate surface area is 212 Å². The van der Waals surface area contributed by atoms with Crippen molar-refractivity contribution in [1.82, 2.24) is 14.2 Å². The van der Waals surface area contributed by atoms with E-state index in [0.717, 1.165) is 33.9 Å². The van der Waals surface area contributed by atoms with Crippen LogP contribution >= 0.6 is 22.7 Å². The number of hydrogen-bond acceptors (Lipinski definition) is 9. The number of ether oxygens (including phenoxy) is 2. The summed E-state index contributed by atoms with van der Waals surface area (Å²) in [5, 5.41) is 2.61. The minimum Gasteiger partial charge on any atom is -0.495 e. The van der Waals surface area contributed by atoms with Gasteiger partial charge >= 0.3 is 0 Å². The van der Waals surface area contributed by atoms with Crippen molar-refractivity contribution >= 4 is 54.0 Å². The molecule has 3 aromatic rings. The average molecular weight is 537 g/mol. The number of piperazine rings is 1. The fourth-order valence-electron chi connectivity index (χ4n) is 4.70. The molecular formula is C23H28N4O5S3. The Hall–Kier alpha value is -2.41. The van der Waals surface area contributed by atoms with Gasteiger partial charge in [-0.15, -0.1) is 11.3 Å². The van der Waals surface area contributed by atoms with Gasteiger partial charge in [-0.3, -0.25) is 4.79 Å². The molecule has 12 heteroatoms. The highest BCUT2D eigenvalue weighted by Crippen LogP contribution is 2.40. The van der Waals surface area contributed by atoms with Crippen LogP contribution in [-0.4, -0.2) is 81.5 Å². The van der Waals surface area contributed by atoms with Crippen molar-refractivity contribution in [1.29, 1.82) is 0 Å². The molecule has 5 rings (SSSR count). The fraction of sp³-hybridized carbons (Fsp3) is 0.478. The number of sulfonamides is 1. The first-order valence-corrected chi connectivity index (χ1v) is 14.7. The summed E-state index contributed by atoms with van der Waals surface area (Å²) in [6, 6.07) is 6.42. The second kappa shape index (κ2) is 9.92. The smallest absolute Gasteiger partial charge is 0.253 e. The second-order valence-electron chi connectivity index (χ2n) is 8.52. The van der Waals surface area contributed by atoms with E-state index in [9.17, 15) is 13.2 Å². The third-order valence-corrected chi connectivity index (χ3v) is 11.0. The fourth-order valence-corrected chi connectivity index (χ4v) is 8.60. The summed E-state index contributed by atoms with van der Waals surface area (Å²) >= 11 is 2.74. The van der Waals surface area contributed by atoms with Gasteiger partial charge in [0.25, 0.3) is 10.0 Å². The number of rotatable bonds is 6. The molecule has 0 radical (unpaired) electrons. The molecule has 2 fully saturated rings. The van der Waals surface area contributed by atoms with E-state index < -0.39 is 16.1 Å². The number of amides is 1. The van der Waals surface area contributed by atoms with Gasteiger partial charge in [0, 0.05) is 32.7 Å². The molecule has 2 aromatic heterocycles. The summed E-state index contributed by atoms with van der Waals surface area (Å²) in [6.07, 6.45) is 2.18. The van der Waals surface area contributed by atoms with Gasteiger partial charge in [-0.2, -0.15) is 4.31 Å². The molecular weight excluding hydrogens is 508 g/mol. The largest absolute Gasteiger partial charge is 0.495 e. The molecule has 2 aliphatic heterocycles. The Bertz CT molecular complexity index is 1260. The number of nitrogens with zero attached hydrogens (tertiary/aromatic N) is 4. The molecule has 0 bridgehead atoms. The Balaban J connectivity index is 1.31. The molecule has 0 N–H and O–H groups in total. The highest BCUT2D eigenvalue weighted by atomic mass is 32.2. The quantitative estimate of drug-likeness (QED) is 0.477. The van der Waals surface area contributed by atoms with Crippen molar-refractivity contribution in [3.8, 4) is 11.5 Å². The number of benzene rings is 1. The van der Waals surface area contributed by atoms with Gasteiger partial charge in [0.15, 0.2) is 5.13 Å². The van der Waals surface area contributed by atoms with E-state index in [1.165, 1.54) is 15.6 Å². The second-order valence-corrected chi connectivity index (χ2v) is 12.6. The van der Waals surface area contributed by atoms with Crippen molar-refractivity contribution in [3.05, 3.63) is 29.6 Å². The summed E-state index contributed by atoms with van der Waals surface area (Å²) < 4.78 is 40.0. The number of carbonyl (C=O) groups excluding carboxylic acids is 1. The molecule has 0 spiro atoms. The molecule has 0 aliphatic carbocycles. The normalized spacial score (nSPS) is 19.8. The molecule has 1 aromatic carbocycles. The molecule has 2 aliphatic rings. The van der Waals surface area contributed by atoms with E-state index in [1.807, 2.05) is 12.1 Å². The summed E-state index contributed by atoms with van der Waals surface area (Å²) in [5.41, 5.74) is 0.766. The number of piperidine rings is 1. The van der Waals surface area contributed by atoms with Crippen LogP contribution < -0.4 is 14.4 Å². The van der Waals surface area contributed by atoms with Crippen molar-refractivity contribution in [2.75, 3.05) is 51.8 Å². The van der Waals surface area contributed by atoms with E-state index >= 15 is 0 Å². The number of thiophene rings is 1. The van der Waals surface area contributed by atoms with Gasteiger partial charge in [0.05, 0.1) is 14.2 Å². The number of hydrogen-bond donors (Lipinski definition) is 0. The summed E-state index contributed by atoms with van der Waals surface area (Å²) in [6.45, 7) is 2.67.